The minimum atomic E-state index is -1.22. The highest BCUT2D eigenvalue weighted by molar-refractivity contribution is 5.79. The average Bonchev–Trinajstić information content (AvgIpc) is 2.09. The number of hydrogen-bond acceptors (Lipinski definition) is 3. The molecule has 0 unspecified atom stereocenters. The number of unbranched alkanes of at least 4 members (excludes halogenated alkanes) is 2. The van der Waals surface area contributed by atoms with Crippen LogP contribution in [0.1, 0.15) is 32.6 Å². The van der Waals surface area contributed by atoms with Crippen LogP contribution in [0.2, 0.25) is 0 Å². The van der Waals surface area contributed by atoms with E-state index in [1.54, 1.807) is 0 Å². The zero-order valence-corrected chi connectivity index (χ0v) is 8.23. The number of carboxylic acid groups (broad SMARTS) is 2. The van der Waals surface area contributed by atoms with Gasteiger partial charge in [0.15, 0.2) is 6.10 Å². The third-order valence-corrected chi connectivity index (χ3v) is 1.70. The smallest absolute Gasteiger partial charge is 0.333 e. The first kappa shape index (κ1) is 12.9. The second-order valence-electron chi connectivity index (χ2n) is 3.00. The fourth-order valence-electron chi connectivity index (χ4n) is 0.954. The maximum Gasteiger partial charge on any atom is 0.333 e. The van der Waals surface area contributed by atoms with Crippen LogP contribution in [0.3, 0.4) is 0 Å². The molecular formula is C9H16O5. The van der Waals surface area contributed by atoms with Gasteiger partial charge in [-0.1, -0.05) is 19.8 Å². The number of carboxylic acids is 2. The lowest BCUT2D eigenvalue weighted by Gasteiger charge is -2.10. The predicted octanol–water partition coefficient (Wildman–Crippen LogP) is 1.12. The molecule has 0 radical (unpaired) electrons. The standard InChI is InChI=1S/C9H16O5/c1-2-3-4-5-14-7(9(12)13)6-8(10)11/h7H,2-6H2,1H3,(H,10,11)(H,12,13)/t7-/m0/s1. The summed E-state index contributed by atoms with van der Waals surface area (Å²) >= 11 is 0. The molecule has 0 saturated heterocycles. The van der Waals surface area contributed by atoms with Crippen molar-refractivity contribution in [3.8, 4) is 0 Å². The Kier molecular flexibility index (Phi) is 6.74. The van der Waals surface area contributed by atoms with Gasteiger partial charge in [-0.2, -0.15) is 0 Å². The van der Waals surface area contributed by atoms with E-state index in [1.165, 1.54) is 0 Å². The van der Waals surface area contributed by atoms with Crippen LogP contribution in [0.25, 0.3) is 0 Å². The van der Waals surface area contributed by atoms with Gasteiger partial charge in [0, 0.05) is 6.61 Å². The van der Waals surface area contributed by atoms with Crippen LogP contribution in [0.5, 0.6) is 0 Å². The van der Waals surface area contributed by atoms with E-state index in [0.29, 0.717) is 6.61 Å². The summed E-state index contributed by atoms with van der Waals surface area (Å²) in [4.78, 5) is 20.8. The minimum Gasteiger partial charge on any atom is -0.481 e. The van der Waals surface area contributed by atoms with Crippen LogP contribution in [-0.2, 0) is 14.3 Å². The van der Waals surface area contributed by atoms with Crippen molar-refractivity contribution in [3.63, 3.8) is 0 Å². The Balaban J connectivity index is 3.74. The van der Waals surface area contributed by atoms with Gasteiger partial charge in [-0.05, 0) is 6.42 Å². The molecule has 0 aliphatic rings. The summed E-state index contributed by atoms with van der Waals surface area (Å²) < 4.78 is 4.94. The van der Waals surface area contributed by atoms with Gasteiger partial charge in [0.2, 0.25) is 0 Å². The van der Waals surface area contributed by atoms with E-state index < -0.39 is 24.5 Å². The van der Waals surface area contributed by atoms with Crippen molar-refractivity contribution < 1.29 is 24.5 Å². The van der Waals surface area contributed by atoms with Gasteiger partial charge in [0.25, 0.3) is 0 Å². The second-order valence-corrected chi connectivity index (χ2v) is 3.00. The highest BCUT2D eigenvalue weighted by Crippen LogP contribution is 2.02. The van der Waals surface area contributed by atoms with E-state index in [-0.39, 0.29) is 0 Å². The van der Waals surface area contributed by atoms with Crippen LogP contribution in [0.15, 0.2) is 0 Å². The van der Waals surface area contributed by atoms with Crippen molar-refractivity contribution in [3.05, 3.63) is 0 Å². The van der Waals surface area contributed by atoms with Crippen LogP contribution in [-0.4, -0.2) is 34.9 Å². The summed E-state index contributed by atoms with van der Waals surface area (Å²) in [6, 6.07) is 0. The minimum absolute atomic E-state index is 0.304. The SMILES string of the molecule is CCCCCO[C@@H](CC(=O)O)C(=O)O. The molecule has 0 aromatic heterocycles. The van der Waals surface area contributed by atoms with Crippen LogP contribution >= 0.6 is 0 Å². The van der Waals surface area contributed by atoms with Crippen molar-refractivity contribution >= 4 is 11.9 Å². The number of carbonyl (C=O) groups is 2. The van der Waals surface area contributed by atoms with E-state index in [2.05, 4.69) is 0 Å². The quantitative estimate of drug-likeness (QED) is 0.579. The normalized spacial score (nSPS) is 12.4. The molecule has 5 heteroatoms. The maximum absolute atomic E-state index is 10.5. The molecule has 2 N–H and O–H groups in total. The van der Waals surface area contributed by atoms with Crippen LogP contribution in [0.4, 0.5) is 0 Å². The van der Waals surface area contributed by atoms with Crippen LogP contribution < -0.4 is 0 Å². The maximum atomic E-state index is 10.5. The van der Waals surface area contributed by atoms with E-state index in [1.807, 2.05) is 6.92 Å². The fourth-order valence-corrected chi connectivity index (χ4v) is 0.954. The number of hydrogen-bond donors (Lipinski definition) is 2. The molecule has 0 aromatic rings. The first-order valence-electron chi connectivity index (χ1n) is 4.64. The van der Waals surface area contributed by atoms with Gasteiger partial charge < -0.3 is 14.9 Å². The molecule has 0 amide bonds. The summed E-state index contributed by atoms with van der Waals surface area (Å²) in [5, 5.41) is 17.0. The van der Waals surface area contributed by atoms with Crippen molar-refractivity contribution in [1.29, 1.82) is 0 Å². The van der Waals surface area contributed by atoms with Crippen molar-refractivity contribution in [1.82, 2.24) is 0 Å². The Morgan fingerprint density at radius 3 is 2.36 bits per heavy atom. The topological polar surface area (TPSA) is 83.8 Å². The summed E-state index contributed by atoms with van der Waals surface area (Å²) in [5.74, 6) is -2.38. The van der Waals surface area contributed by atoms with Crippen molar-refractivity contribution in [2.24, 2.45) is 0 Å². The largest absolute Gasteiger partial charge is 0.481 e. The highest BCUT2D eigenvalue weighted by Gasteiger charge is 2.21. The fraction of sp³-hybridized carbons (Fsp3) is 0.778. The van der Waals surface area contributed by atoms with Crippen molar-refractivity contribution in [2.75, 3.05) is 6.61 Å². The zero-order chi connectivity index (χ0) is 11.0. The second kappa shape index (κ2) is 7.32. The highest BCUT2D eigenvalue weighted by atomic mass is 16.5. The van der Waals surface area contributed by atoms with E-state index in [4.69, 9.17) is 14.9 Å². The Labute approximate surface area is 82.7 Å². The molecule has 14 heavy (non-hydrogen) atoms. The number of aliphatic carboxylic acids is 2. The average molecular weight is 204 g/mol. The first-order chi connectivity index (χ1) is 6.57. The van der Waals surface area contributed by atoms with Gasteiger partial charge in [-0.15, -0.1) is 0 Å². The summed E-state index contributed by atoms with van der Waals surface area (Å²) in [7, 11) is 0. The Morgan fingerprint density at radius 1 is 1.29 bits per heavy atom. The van der Waals surface area contributed by atoms with Gasteiger partial charge in [-0.25, -0.2) is 4.79 Å². The zero-order valence-electron chi connectivity index (χ0n) is 8.23. The lowest BCUT2D eigenvalue weighted by atomic mass is 10.2. The molecule has 0 aliphatic carbocycles. The predicted molar refractivity (Wildman–Crippen MR) is 49.2 cm³/mol. The third kappa shape index (κ3) is 6.42. The first-order valence-corrected chi connectivity index (χ1v) is 4.64. The lowest BCUT2D eigenvalue weighted by molar-refractivity contribution is -0.156. The van der Waals surface area contributed by atoms with Crippen LogP contribution in [0, 0.1) is 0 Å². The van der Waals surface area contributed by atoms with Crippen molar-refractivity contribution in [2.45, 2.75) is 38.7 Å². The molecule has 1 atom stereocenters. The molecular weight excluding hydrogens is 188 g/mol. The molecule has 0 heterocycles. The van der Waals surface area contributed by atoms with E-state index in [9.17, 15) is 9.59 Å². The Bertz CT molecular complexity index is 190. The van der Waals surface area contributed by atoms with Gasteiger partial charge >= 0.3 is 11.9 Å². The molecule has 0 fully saturated rings. The van der Waals surface area contributed by atoms with Gasteiger partial charge in [0.1, 0.15) is 0 Å². The number of rotatable bonds is 8. The van der Waals surface area contributed by atoms with E-state index >= 15 is 0 Å². The molecule has 0 bridgehead atoms. The van der Waals surface area contributed by atoms with Gasteiger partial charge in [-0.3, -0.25) is 4.79 Å². The summed E-state index contributed by atoms with van der Waals surface area (Å²) in [5.41, 5.74) is 0. The molecule has 82 valence electrons. The van der Waals surface area contributed by atoms with Gasteiger partial charge in [0.05, 0.1) is 6.42 Å². The molecule has 5 nitrogen and oxygen atoms in total. The summed E-state index contributed by atoms with van der Waals surface area (Å²) in [6.45, 7) is 2.32. The molecule has 0 rings (SSSR count). The number of ether oxygens (including phenoxy) is 1. The lowest BCUT2D eigenvalue weighted by Crippen LogP contribution is -2.27. The molecule has 0 aromatic carbocycles. The third-order valence-electron chi connectivity index (χ3n) is 1.70. The Hall–Kier alpha value is -1.10. The molecule has 0 spiro atoms. The summed E-state index contributed by atoms with van der Waals surface area (Å²) in [6.07, 6.45) is 1.03. The monoisotopic (exact) mass is 204 g/mol. The molecule has 0 saturated carbocycles. The molecule has 0 aliphatic heterocycles. The van der Waals surface area contributed by atoms with E-state index in [0.717, 1.165) is 19.3 Å². The Morgan fingerprint density at radius 2 is 1.93 bits per heavy atom.